The van der Waals surface area contributed by atoms with Gasteiger partial charge in [-0.15, -0.1) is 0 Å². The molecule has 0 aliphatic carbocycles. The smallest absolute Gasteiger partial charge is 0.255 e. The lowest BCUT2D eigenvalue weighted by atomic mass is 10.2. The molecule has 1 unspecified atom stereocenters. The van der Waals surface area contributed by atoms with Crippen LogP contribution in [0.1, 0.15) is 17.3 Å². The first-order valence-electron chi connectivity index (χ1n) is 7.38. The summed E-state index contributed by atoms with van der Waals surface area (Å²) >= 11 is 0. The first kappa shape index (κ1) is 15.2. The maximum atomic E-state index is 12.3. The molecule has 2 heterocycles. The van der Waals surface area contributed by atoms with Crippen LogP contribution in [0.4, 0.5) is 0 Å². The molecular formula is C17H18N4O2. The number of aliphatic hydroxyl groups excluding tert-OH is 1. The monoisotopic (exact) mass is 310 g/mol. The van der Waals surface area contributed by atoms with E-state index in [1.165, 1.54) is 4.90 Å². The third kappa shape index (κ3) is 2.80. The van der Waals surface area contributed by atoms with Gasteiger partial charge in [-0.05, 0) is 31.2 Å². The van der Waals surface area contributed by atoms with E-state index in [1.807, 2.05) is 28.8 Å². The first-order chi connectivity index (χ1) is 11.1. The Morgan fingerprint density at radius 1 is 1.26 bits per heavy atom. The summed E-state index contributed by atoms with van der Waals surface area (Å²) < 4.78 is 1.88. The number of fused-ring (bicyclic) bond motifs is 1. The molecule has 0 saturated carbocycles. The highest BCUT2D eigenvalue weighted by molar-refractivity contribution is 5.94. The molecule has 1 N–H and O–H groups in total. The van der Waals surface area contributed by atoms with Crippen LogP contribution in [0.25, 0.3) is 16.9 Å². The minimum Gasteiger partial charge on any atom is -0.394 e. The molecule has 1 atom stereocenters. The SMILES string of the molecule is CC(CO)N(C)C(=O)c1ccc(-n2cnc3ccccc32)nc1. The average molecular weight is 310 g/mol. The van der Waals surface area contributed by atoms with Gasteiger partial charge < -0.3 is 10.0 Å². The van der Waals surface area contributed by atoms with E-state index in [9.17, 15) is 4.79 Å². The fourth-order valence-electron chi connectivity index (χ4n) is 2.32. The quantitative estimate of drug-likeness (QED) is 0.798. The molecule has 0 fully saturated rings. The molecule has 118 valence electrons. The Balaban J connectivity index is 1.89. The average Bonchev–Trinajstić information content (AvgIpc) is 3.04. The summed E-state index contributed by atoms with van der Waals surface area (Å²) in [6.45, 7) is 1.71. The fraction of sp³-hybridized carbons (Fsp3) is 0.235. The zero-order valence-electron chi connectivity index (χ0n) is 13.0. The summed E-state index contributed by atoms with van der Waals surface area (Å²) in [5, 5.41) is 9.15. The third-order valence-corrected chi connectivity index (χ3v) is 3.94. The molecule has 3 aromatic rings. The number of pyridine rings is 1. The Kier molecular flexibility index (Phi) is 4.08. The number of aliphatic hydroxyl groups is 1. The zero-order chi connectivity index (χ0) is 16.4. The van der Waals surface area contributed by atoms with Crippen molar-refractivity contribution in [2.75, 3.05) is 13.7 Å². The number of aromatic nitrogens is 3. The van der Waals surface area contributed by atoms with Gasteiger partial charge in [-0.3, -0.25) is 9.36 Å². The van der Waals surface area contributed by atoms with E-state index < -0.39 is 0 Å². The number of nitrogens with zero attached hydrogens (tertiary/aromatic N) is 4. The number of hydrogen-bond acceptors (Lipinski definition) is 4. The van der Waals surface area contributed by atoms with Crippen molar-refractivity contribution in [2.24, 2.45) is 0 Å². The lowest BCUT2D eigenvalue weighted by Gasteiger charge is -2.23. The number of benzene rings is 1. The number of carbonyl (C=O) groups is 1. The van der Waals surface area contributed by atoms with Crippen LogP contribution in [0.3, 0.4) is 0 Å². The lowest BCUT2D eigenvalue weighted by molar-refractivity contribution is 0.0682. The number of amides is 1. The molecule has 0 aliphatic heterocycles. The van der Waals surface area contributed by atoms with E-state index in [2.05, 4.69) is 9.97 Å². The van der Waals surface area contributed by atoms with Crippen LogP contribution < -0.4 is 0 Å². The van der Waals surface area contributed by atoms with Crippen molar-refractivity contribution >= 4 is 16.9 Å². The van der Waals surface area contributed by atoms with Crippen molar-refractivity contribution in [3.63, 3.8) is 0 Å². The molecule has 1 aromatic carbocycles. The minimum atomic E-state index is -0.236. The van der Waals surface area contributed by atoms with Crippen molar-refractivity contribution in [2.45, 2.75) is 13.0 Å². The highest BCUT2D eigenvalue weighted by Crippen LogP contribution is 2.17. The predicted molar refractivity (Wildman–Crippen MR) is 87.5 cm³/mol. The Bertz CT molecular complexity index is 826. The van der Waals surface area contributed by atoms with E-state index >= 15 is 0 Å². The molecule has 23 heavy (non-hydrogen) atoms. The summed E-state index contributed by atoms with van der Waals surface area (Å²) in [6, 6.07) is 11.1. The molecule has 0 saturated heterocycles. The number of imidazole rings is 1. The van der Waals surface area contributed by atoms with Crippen molar-refractivity contribution in [1.82, 2.24) is 19.4 Å². The molecule has 0 radical (unpaired) electrons. The predicted octanol–water partition coefficient (Wildman–Crippen LogP) is 1.87. The molecule has 0 aliphatic rings. The second kappa shape index (κ2) is 6.18. The molecule has 6 nitrogen and oxygen atoms in total. The second-order valence-electron chi connectivity index (χ2n) is 5.46. The number of rotatable bonds is 4. The van der Waals surface area contributed by atoms with Gasteiger partial charge >= 0.3 is 0 Å². The van der Waals surface area contributed by atoms with Gasteiger partial charge in [0.25, 0.3) is 5.91 Å². The summed E-state index contributed by atoms with van der Waals surface area (Å²) in [6.07, 6.45) is 3.27. The zero-order valence-corrected chi connectivity index (χ0v) is 13.0. The summed E-state index contributed by atoms with van der Waals surface area (Å²) in [5.74, 6) is 0.536. The number of hydrogen-bond donors (Lipinski definition) is 1. The van der Waals surface area contributed by atoms with Crippen molar-refractivity contribution in [1.29, 1.82) is 0 Å². The van der Waals surface area contributed by atoms with E-state index in [1.54, 1.807) is 38.6 Å². The topological polar surface area (TPSA) is 71.2 Å². The highest BCUT2D eigenvalue weighted by atomic mass is 16.3. The fourth-order valence-corrected chi connectivity index (χ4v) is 2.32. The van der Waals surface area contributed by atoms with E-state index in [0.717, 1.165) is 11.0 Å². The van der Waals surface area contributed by atoms with Gasteiger partial charge in [0.15, 0.2) is 0 Å². The van der Waals surface area contributed by atoms with Crippen LogP contribution >= 0.6 is 0 Å². The van der Waals surface area contributed by atoms with Crippen LogP contribution in [0.2, 0.25) is 0 Å². The highest BCUT2D eigenvalue weighted by Gasteiger charge is 2.17. The molecule has 6 heteroatoms. The van der Waals surface area contributed by atoms with Gasteiger partial charge in [0.05, 0.1) is 29.2 Å². The number of para-hydroxylation sites is 2. The molecule has 0 bridgehead atoms. The largest absolute Gasteiger partial charge is 0.394 e. The maximum Gasteiger partial charge on any atom is 0.255 e. The van der Waals surface area contributed by atoms with E-state index in [-0.39, 0.29) is 18.6 Å². The van der Waals surface area contributed by atoms with Crippen LogP contribution in [0.5, 0.6) is 0 Å². The Labute approximate surface area is 134 Å². The summed E-state index contributed by atoms with van der Waals surface area (Å²) in [4.78, 5) is 22.5. The van der Waals surface area contributed by atoms with Gasteiger partial charge in [0, 0.05) is 13.2 Å². The number of likely N-dealkylation sites (N-methyl/N-ethyl adjacent to an activating group) is 1. The van der Waals surface area contributed by atoms with Gasteiger partial charge in [-0.2, -0.15) is 0 Å². The molecular weight excluding hydrogens is 292 g/mol. The molecule has 0 spiro atoms. The van der Waals surface area contributed by atoms with Crippen LogP contribution in [0.15, 0.2) is 48.9 Å². The molecule has 3 rings (SSSR count). The van der Waals surface area contributed by atoms with E-state index in [0.29, 0.717) is 11.4 Å². The van der Waals surface area contributed by atoms with Gasteiger partial charge in [0.1, 0.15) is 12.1 Å². The van der Waals surface area contributed by atoms with Gasteiger partial charge in [-0.25, -0.2) is 9.97 Å². The van der Waals surface area contributed by atoms with E-state index in [4.69, 9.17) is 5.11 Å². The van der Waals surface area contributed by atoms with Crippen LogP contribution in [-0.4, -0.2) is 50.1 Å². The Hall–Kier alpha value is -2.73. The Morgan fingerprint density at radius 2 is 2.04 bits per heavy atom. The van der Waals surface area contributed by atoms with Crippen LogP contribution in [-0.2, 0) is 0 Å². The van der Waals surface area contributed by atoms with Crippen molar-refractivity contribution in [3.8, 4) is 5.82 Å². The normalized spacial score (nSPS) is 12.3. The maximum absolute atomic E-state index is 12.3. The first-order valence-corrected chi connectivity index (χ1v) is 7.38. The lowest BCUT2D eigenvalue weighted by Crippen LogP contribution is -2.37. The molecule has 1 amide bonds. The van der Waals surface area contributed by atoms with Crippen molar-refractivity contribution in [3.05, 3.63) is 54.5 Å². The summed E-state index contributed by atoms with van der Waals surface area (Å²) in [7, 11) is 1.67. The molecule has 2 aromatic heterocycles. The Morgan fingerprint density at radius 3 is 2.74 bits per heavy atom. The minimum absolute atomic E-state index is 0.0746. The van der Waals surface area contributed by atoms with Crippen LogP contribution in [0, 0.1) is 0 Å². The second-order valence-corrected chi connectivity index (χ2v) is 5.46. The number of carbonyl (C=O) groups excluding carboxylic acids is 1. The van der Waals surface area contributed by atoms with Gasteiger partial charge in [-0.1, -0.05) is 12.1 Å². The van der Waals surface area contributed by atoms with Gasteiger partial charge in [0.2, 0.25) is 0 Å². The standard InChI is InChI=1S/C17H18N4O2/c1-12(10-22)20(2)17(23)13-7-8-16(18-9-13)21-11-19-14-5-3-4-6-15(14)21/h3-9,11-12,22H,10H2,1-2H3. The third-order valence-electron chi connectivity index (χ3n) is 3.94. The summed E-state index contributed by atoms with van der Waals surface area (Å²) in [5.41, 5.74) is 2.34. The van der Waals surface area contributed by atoms with Crippen molar-refractivity contribution < 1.29 is 9.90 Å².